The Labute approximate surface area is 150 Å². The Morgan fingerprint density at radius 2 is 2.04 bits per heavy atom. The highest BCUT2D eigenvalue weighted by Crippen LogP contribution is 2.44. The van der Waals surface area contributed by atoms with Gasteiger partial charge in [-0.2, -0.15) is 0 Å². The third kappa shape index (κ3) is 2.57. The van der Waals surface area contributed by atoms with Crippen LogP contribution >= 0.6 is 0 Å². The lowest BCUT2D eigenvalue weighted by molar-refractivity contribution is -0.146. The van der Waals surface area contributed by atoms with Crippen LogP contribution in [0.2, 0.25) is 0 Å². The first kappa shape index (κ1) is 16.1. The number of methoxy groups -OCH3 is 1. The van der Waals surface area contributed by atoms with E-state index in [0.29, 0.717) is 17.1 Å². The molecule has 1 unspecified atom stereocenters. The first-order valence-electron chi connectivity index (χ1n) is 8.17. The smallest absolute Gasteiger partial charge is 0.262 e. The van der Waals surface area contributed by atoms with Crippen molar-refractivity contribution < 1.29 is 19.1 Å². The van der Waals surface area contributed by atoms with Crippen molar-refractivity contribution in [3.8, 4) is 11.5 Å². The number of piperidine rings is 1. The van der Waals surface area contributed by atoms with E-state index in [-0.39, 0.29) is 24.8 Å². The summed E-state index contributed by atoms with van der Waals surface area (Å²) < 4.78 is 10.8. The Kier molecular flexibility index (Phi) is 3.84. The van der Waals surface area contributed by atoms with Gasteiger partial charge in [0.05, 0.1) is 19.2 Å². The second kappa shape index (κ2) is 6.18. The summed E-state index contributed by atoms with van der Waals surface area (Å²) in [6.45, 7) is 0.180. The van der Waals surface area contributed by atoms with Crippen molar-refractivity contribution in [2.24, 2.45) is 5.73 Å². The minimum absolute atomic E-state index is 0.0352. The molecule has 1 atom stereocenters. The number of pyridine rings is 1. The van der Waals surface area contributed by atoms with Crippen molar-refractivity contribution in [2.45, 2.75) is 18.9 Å². The highest BCUT2D eigenvalue weighted by molar-refractivity contribution is 6.09. The molecule has 0 aliphatic carbocycles. The molecule has 132 valence electrons. The predicted molar refractivity (Wildman–Crippen MR) is 92.0 cm³/mol. The Hall–Kier alpha value is -3.35. The number of nitrogens with zero attached hydrogens (tertiary/aromatic N) is 2. The van der Waals surface area contributed by atoms with Gasteiger partial charge in [-0.15, -0.1) is 0 Å². The van der Waals surface area contributed by atoms with Crippen LogP contribution in [0.25, 0.3) is 0 Å². The van der Waals surface area contributed by atoms with Gasteiger partial charge >= 0.3 is 0 Å². The average molecular weight is 351 g/mol. The standard InChI is InChI=1S/C19H17N3O4/c1-25-12-2-3-13-14-9-16(23)22(10-11-4-6-21-7-5-11)19(24)17(14)18(20)26-15(13)8-12/h2-8,14H,9-10,20H2,1H3. The van der Waals surface area contributed by atoms with E-state index in [2.05, 4.69) is 4.98 Å². The maximum Gasteiger partial charge on any atom is 0.262 e. The van der Waals surface area contributed by atoms with Gasteiger partial charge in [-0.25, -0.2) is 0 Å². The molecule has 0 saturated carbocycles. The van der Waals surface area contributed by atoms with Gasteiger partial charge in [-0.1, -0.05) is 6.07 Å². The minimum Gasteiger partial charge on any atom is -0.497 e. The predicted octanol–water partition coefficient (Wildman–Crippen LogP) is 1.70. The van der Waals surface area contributed by atoms with Crippen LogP contribution in [0.5, 0.6) is 11.5 Å². The Balaban J connectivity index is 1.69. The third-order valence-corrected chi connectivity index (χ3v) is 4.68. The maximum absolute atomic E-state index is 13.0. The summed E-state index contributed by atoms with van der Waals surface area (Å²) in [5.74, 6) is 0.108. The fourth-order valence-corrected chi connectivity index (χ4v) is 3.36. The normalized spacial score (nSPS) is 19.0. The van der Waals surface area contributed by atoms with Crippen molar-refractivity contribution >= 4 is 11.8 Å². The fraction of sp³-hybridized carbons (Fsp3) is 0.211. The quantitative estimate of drug-likeness (QED) is 0.846. The van der Waals surface area contributed by atoms with Gasteiger partial charge in [0.1, 0.15) is 11.5 Å². The molecule has 2 aliphatic heterocycles. The molecule has 0 spiro atoms. The SMILES string of the molecule is COc1ccc2c(c1)OC(N)=C1C(=O)N(Cc3ccncc3)C(=O)CC12. The fourth-order valence-electron chi connectivity index (χ4n) is 3.36. The van der Waals surface area contributed by atoms with Crippen LogP contribution in [0.4, 0.5) is 0 Å². The number of aromatic nitrogens is 1. The molecule has 7 nitrogen and oxygen atoms in total. The highest BCUT2D eigenvalue weighted by Gasteiger charge is 2.43. The van der Waals surface area contributed by atoms with Crippen molar-refractivity contribution in [1.29, 1.82) is 0 Å². The summed E-state index contributed by atoms with van der Waals surface area (Å²) in [6.07, 6.45) is 3.41. The summed E-state index contributed by atoms with van der Waals surface area (Å²) in [7, 11) is 1.56. The molecule has 2 aliphatic rings. The van der Waals surface area contributed by atoms with E-state index < -0.39 is 11.8 Å². The number of fused-ring (bicyclic) bond motifs is 3. The molecule has 3 heterocycles. The molecule has 26 heavy (non-hydrogen) atoms. The Morgan fingerprint density at radius 3 is 2.77 bits per heavy atom. The zero-order valence-corrected chi connectivity index (χ0v) is 14.1. The topological polar surface area (TPSA) is 94.8 Å². The van der Waals surface area contributed by atoms with Gasteiger partial charge in [0.25, 0.3) is 5.91 Å². The number of imide groups is 1. The van der Waals surface area contributed by atoms with Crippen molar-refractivity contribution in [3.63, 3.8) is 0 Å². The number of benzene rings is 1. The Morgan fingerprint density at radius 1 is 1.27 bits per heavy atom. The maximum atomic E-state index is 13.0. The average Bonchev–Trinajstić information content (AvgIpc) is 2.65. The van der Waals surface area contributed by atoms with E-state index in [0.717, 1.165) is 11.1 Å². The van der Waals surface area contributed by atoms with Crippen LogP contribution in [0, 0.1) is 0 Å². The second-order valence-corrected chi connectivity index (χ2v) is 6.18. The number of hydrogen-bond donors (Lipinski definition) is 1. The van der Waals surface area contributed by atoms with Crippen molar-refractivity contribution in [2.75, 3.05) is 7.11 Å². The van der Waals surface area contributed by atoms with Crippen molar-refractivity contribution in [3.05, 3.63) is 65.3 Å². The van der Waals surface area contributed by atoms with Crippen LogP contribution in [0.15, 0.2) is 54.2 Å². The van der Waals surface area contributed by atoms with E-state index in [1.54, 1.807) is 43.8 Å². The summed E-state index contributed by atoms with van der Waals surface area (Å²) >= 11 is 0. The van der Waals surface area contributed by atoms with Gasteiger partial charge in [0, 0.05) is 36.4 Å². The first-order valence-corrected chi connectivity index (χ1v) is 8.17. The molecule has 2 aromatic rings. The number of likely N-dealkylation sites (tertiary alicyclic amines) is 1. The summed E-state index contributed by atoms with van der Waals surface area (Å²) in [4.78, 5) is 30.8. The van der Waals surface area contributed by atoms with Crippen LogP contribution in [0.3, 0.4) is 0 Å². The van der Waals surface area contributed by atoms with Gasteiger partial charge in [-0.3, -0.25) is 19.5 Å². The second-order valence-electron chi connectivity index (χ2n) is 6.18. The van der Waals surface area contributed by atoms with Crippen LogP contribution in [0.1, 0.15) is 23.5 Å². The van der Waals surface area contributed by atoms with E-state index in [4.69, 9.17) is 15.2 Å². The summed E-state index contributed by atoms with van der Waals surface area (Å²) in [5.41, 5.74) is 7.95. The monoisotopic (exact) mass is 351 g/mol. The molecular weight excluding hydrogens is 334 g/mol. The first-order chi connectivity index (χ1) is 12.6. The van der Waals surface area contributed by atoms with Gasteiger partial charge < -0.3 is 15.2 Å². The van der Waals surface area contributed by atoms with Crippen LogP contribution in [-0.2, 0) is 16.1 Å². The number of rotatable bonds is 3. The number of hydrogen-bond acceptors (Lipinski definition) is 6. The van der Waals surface area contributed by atoms with E-state index in [1.165, 1.54) is 4.90 Å². The lowest BCUT2D eigenvalue weighted by Gasteiger charge is -2.36. The summed E-state index contributed by atoms with van der Waals surface area (Å²) in [6, 6.07) is 8.83. The van der Waals surface area contributed by atoms with Gasteiger partial charge in [0.15, 0.2) is 5.88 Å². The third-order valence-electron chi connectivity index (χ3n) is 4.68. The molecule has 1 aromatic heterocycles. The number of carbonyl (C=O) groups excluding carboxylic acids is 2. The molecule has 7 heteroatoms. The molecule has 4 rings (SSSR count). The van der Waals surface area contributed by atoms with Crippen LogP contribution in [-0.4, -0.2) is 28.8 Å². The molecule has 2 amide bonds. The largest absolute Gasteiger partial charge is 0.497 e. The van der Waals surface area contributed by atoms with Gasteiger partial charge in [-0.05, 0) is 23.8 Å². The number of amides is 2. The van der Waals surface area contributed by atoms with Crippen molar-refractivity contribution in [1.82, 2.24) is 9.88 Å². The van der Waals surface area contributed by atoms with E-state index in [1.807, 2.05) is 6.07 Å². The Bertz CT molecular complexity index is 924. The van der Waals surface area contributed by atoms with Crippen LogP contribution < -0.4 is 15.2 Å². The molecule has 1 fully saturated rings. The molecule has 0 radical (unpaired) electrons. The number of nitrogens with two attached hydrogens (primary N) is 1. The molecule has 1 saturated heterocycles. The molecular formula is C19H17N3O4. The van der Waals surface area contributed by atoms with E-state index in [9.17, 15) is 9.59 Å². The number of carbonyl (C=O) groups is 2. The minimum atomic E-state index is -0.415. The van der Waals surface area contributed by atoms with E-state index >= 15 is 0 Å². The number of ether oxygens (including phenoxy) is 2. The lowest BCUT2D eigenvalue weighted by atomic mass is 9.82. The molecule has 1 aromatic carbocycles. The highest BCUT2D eigenvalue weighted by atomic mass is 16.5. The zero-order valence-electron chi connectivity index (χ0n) is 14.1. The van der Waals surface area contributed by atoms with Gasteiger partial charge in [0.2, 0.25) is 5.91 Å². The summed E-state index contributed by atoms with van der Waals surface area (Å²) in [5, 5.41) is 0. The zero-order chi connectivity index (χ0) is 18.3. The molecule has 0 bridgehead atoms. The molecule has 2 N–H and O–H groups in total. The lowest BCUT2D eigenvalue weighted by Crippen LogP contribution is -2.46.